The number of amides is 1. The molecule has 112 valence electrons. The molecule has 1 aromatic carbocycles. The molecule has 0 aliphatic carbocycles. The van der Waals surface area contributed by atoms with Crippen LogP contribution in [-0.2, 0) is 21.1 Å². The van der Waals surface area contributed by atoms with Crippen molar-refractivity contribution in [3.05, 3.63) is 34.9 Å². The number of hydrogen-bond acceptors (Lipinski definition) is 3. The van der Waals surface area contributed by atoms with E-state index in [1.54, 1.807) is 19.9 Å². The Labute approximate surface area is 125 Å². The van der Waals surface area contributed by atoms with E-state index in [9.17, 15) is 13.2 Å². The van der Waals surface area contributed by atoms with Crippen molar-refractivity contribution < 1.29 is 13.2 Å². The van der Waals surface area contributed by atoms with Crippen molar-refractivity contribution in [2.24, 2.45) is 0 Å². The second-order valence-corrected chi connectivity index (χ2v) is 8.52. The lowest BCUT2D eigenvalue weighted by molar-refractivity contribution is -0.121. The molecular weight excluding hydrogens is 298 g/mol. The van der Waals surface area contributed by atoms with Crippen LogP contribution in [0, 0.1) is 0 Å². The van der Waals surface area contributed by atoms with Gasteiger partial charge in [-0.25, -0.2) is 8.42 Å². The predicted molar refractivity (Wildman–Crippen MR) is 81.7 cm³/mol. The Kier molecular flexibility index (Phi) is 5.59. The molecule has 6 heteroatoms. The predicted octanol–water partition coefficient (Wildman–Crippen LogP) is 2.21. The molecule has 0 saturated heterocycles. The van der Waals surface area contributed by atoms with Gasteiger partial charge in [-0.1, -0.05) is 23.7 Å². The summed E-state index contributed by atoms with van der Waals surface area (Å²) >= 11 is 5.86. The molecule has 1 rings (SSSR count). The summed E-state index contributed by atoms with van der Waals surface area (Å²) in [4.78, 5) is 11.7. The summed E-state index contributed by atoms with van der Waals surface area (Å²) in [5.74, 6) is -0.165. The summed E-state index contributed by atoms with van der Waals surface area (Å²) in [6, 6.07) is 7.33. The van der Waals surface area contributed by atoms with E-state index in [0.29, 0.717) is 17.9 Å². The lowest BCUT2D eigenvalue weighted by atomic mass is 10.1. The number of aryl methyl sites for hydroxylation is 1. The van der Waals surface area contributed by atoms with E-state index in [-0.39, 0.29) is 12.5 Å². The quantitative estimate of drug-likeness (QED) is 0.875. The summed E-state index contributed by atoms with van der Waals surface area (Å²) in [5.41, 5.74) is 0.982. The highest BCUT2D eigenvalue weighted by Crippen LogP contribution is 2.14. The molecule has 0 heterocycles. The van der Waals surface area contributed by atoms with Crippen molar-refractivity contribution >= 4 is 27.3 Å². The molecule has 0 aromatic heterocycles. The first-order valence-corrected chi connectivity index (χ1v) is 8.59. The Morgan fingerprint density at radius 2 is 2.00 bits per heavy atom. The molecule has 0 aliphatic heterocycles. The average molecular weight is 318 g/mol. The maximum absolute atomic E-state index is 11.7. The first kappa shape index (κ1) is 17.0. The largest absolute Gasteiger partial charge is 0.355 e. The van der Waals surface area contributed by atoms with E-state index < -0.39 is 14.6 Å². The summed E-state index contributed by atoms with van der Waals surface area (Å²) in [6.07, 6.45) is 2.05. The van der Waals surface area contributed by atoms with Crippen molar-refractivity contribution in [2.75, 3.05) is 12.8 Å². The Morgan fingerprint density at radius 3 is 2.55 bits per heavy atom. The summed E-state index contributed by atoms with van der Waals surface area (Å²) in [6.45, 7) is 3.30. The molecule has 0 spiro atoms. The van der Waals surface area contributed by atoms with Gasteiger partial charge < -0.3 is 5.32 Å². The van der Waals surface area contributed by atoms with Crippen LogP contribution in [0.3, 0.4) is 0 Å². The monoisotopic (exact) mass is 317 g/mol. The number of rotatable bonds is 6. The molecule has 0 fully saturated rings. The maximum atomic E-state index is 11.7. The Balaban J connectivity index is 2.46. The van der Waals surface area contributed by atoms with Crippen molar-refractivity contribution in [3.63, 3.8) is 0 Å². The van der Waals surface area contributed by atoms with Crippen LogP contribution in [0.25, 0.3) is 0 Å². The van der Waals surface area contributed by atoms with Gasteiger partial charge in [0.25, 0.3) is 0 Å². The van der Waals surface area contributed by atoms with E-state index in [4.69, 9.17) is 11.6 Å². The van der Waals surface area contributed by atoms with E-state index in [0.717, 1.165) is 5.56 Å². The summed E-state index contributed by atoms with van der Waals surface area (Å²) in [7, 11) is -3.20. The van der Waals surface area contributed by atoms with Gasteiger partial charge in [0.05, 0.1) is 4.75 Å². The standard InChI is InChI=1S/C14H20ClNO3S/c1-14(2,20(3,18)19)10-16-13(17)8-7-11-5-4-6-12(15)9-11/h4-6,9H,7-8,10H2,1-3H3,(H,16,17). The van der Waals surface area contributed by atoms with Crippen LogP contribution in [0.5, 0.6) is 0 Å². The van der Waals surface area contributed by atoms with Gasteiger partial charge in [0.2, 0.25) is 5.91 Å². The molecule has 0 unspecified atom stereocenters. The second-order valence-electron chi connectivity index (χ2n) is 5.44. The molecule has 1 amide bonds. The molecule has 0 bridgehead atoms. The first-order chi connectivity index (χ1) is 9.12. The van der Waals surface area contributed by atoms with E-state index in [2.05, 4.69) is 5.32 Å². The van der Waals surface area contributed by atoms with Crippen LogP contribution in [0.1, 0.15) is 25.8 Å². The number of halogens is 1. The minimum absolute atomic E-state index is 0.111. The molecule has 0 radical (unpaired) electrons. The Morgan fingerprint density at radius 1 is 1.35 bits per heavy atom. The van der Waals surface area contributed by atoms with Crippen LogP contribution >= 0.6 is 11.6 Å². The van der Waals surface area contributed by atoms with Crippen molar-refractivity contribution in [2.45, 2.75) is 31.4 Å². The third-order valence-corrected chi connectivity index (χ3v) is 5.63. The highest BCUT2D eigenvalue weighted by molar-refractivity contribution is 7.92. The maximum Gasteiger partial charge on any atom is 0.220 e. The van der Waals surface area contributed by atoms with Crippen LogP contribution in [0.4, 0.5) is 0 Å². The molecular formula is C14H20ClNO3S. The smallest absolute Gasteiger partial charge is 0.220 e. The number of hydrogen-bond donors (Lipinski definition) is 1. The summed E-state index contributed by atoms with van der Waals surface area (Å²) < 4.78 is 22.1. The van der Waals surface area contributed by atoms with Crippen LogP contribution < -0.4 is 5.32 Å². The van der Waals surface area contributed by atoms with Crippen LogP contribution in [0.15, 0.2) is 24.3 Å². The van der Waals surface area contributed by atoms with Gasteiger partial charge in [-0.2, -0.15) is 0 Å². The summed E-state index contributed by atoms with van der Waals surface area (Å²) in [5, 5.41) is 3.30. The van der Waals surface area contributed by atoms with Crippen molar-refractivity contribution in [3.8, 4) is 0 Å². The van der Waals surface area contributed by atoms with Gasteiger partial charge in [-0.3, -0.25) is 4.79 Å². The number of sulfone groups is 1. The third-order valence-electron chi connectivity index (χ3n) is 3.24. The van der Waals surface area contributed by atoms with E-state index in [1.807, 2.05) is 18.2 Å². The number of carbonyl (C=O) groups is 1. The van der Waals surface area contributed by atoms with Gasteiger partial charge in [0.15, 0.2) is 9.84 Å². The highest BCUT2D eigenvalue weighted by Gasteiger charge is 2.30. The van der Waals surface area contributed by atoms with Gasteiger partial charge in [-0.05, 0) is 38.0 Å². The van der Waals surface area contributed by atoms with Crippen LogP contribution in [-0.4, -0.2) is 31.9 Å². The van der Waals surface area contributed by atoms with Gasteiger partial charge in [0.1, 0.15) is 0 Å². The lowest BCUT2D eigenvalue weighted by Gasteiger charge is -2.22. The first-order valence-electron chi connectivity index (χ1n) is 6.32. The Hall–Kier alpha value is -1.07. The van der Waals surface area contributed by atoms with Gasteiger partial charge in [-0.15, -0.1) is 0 Å². The molecule has 0 atom stereocenters. The molecule has 0 aliphatic rings. The minimum atomic E-state index is -3.20. The average Bonchev–Trinajstić information content (AvgIpc) is 2.33. The molecule has 1 N–H and O–H groups in total. The molecule has 4 nitrogen and oxygen atoms in total. The van der Waals surface area contributed by atoms with E-state index in [1.165, 1.54) is 6.26 Å². The molecule has 20 heavy (non-hydrogen) atoms. The number of benzene rings is 1. The fourth-order valence-electron chi connectivity index (χ4n) is 1.48. The minimum Gasteiger partial charge on any atom is -0.355 e. The van der Waals surface area contributed by atoms with Gasteiger partial charge in [0, 0.05) is 24.2 Å². The number of carbonyl (C=O) groups excluding carboxylic acids is 1. The topological polar surface area (TPSA) is 63.2 Å². The molecule has 1 aromatic rings. The SMILES string of the molecule is CC(C)(CNC(=O)CCc1cccc(Cl)c1)S(C)(=O)=O. The van der Waals surface area contributed by atoms with E-state index >= 15 is 0 Å². The second kappa shape index (κ2) is 6.59. The zero-order valence-electron chi connectivity index (χ0n) is 11.9. The molecule has 0 saturated carbocycles. The zero-order valence-corrected chi connectivity index (χ0v) is 13.5. The Bertz CT molecular complexity index is 582. The van der Waals surface area contributed by atoms with Gasteiger partial charge >= 0.3 is 0 Å². The fourth-order valence-corrected chi connectivity index (χ4v) is 2.03. The fraction of sp³-hybridized carbons (Fsp3) is 0.500. The number of nitrogens with one attached hydrogen (secondary N) is 1. The van der Waals surface area contributed by atoms with Crippen LogP contribution in [0.2, 0.25) is 5.02 Å². The third kappa shape index (κ3) is 5.13. The van der Waals surface area contributed by atoms with Crippen molar-refractivity contribution in [1.29, 1.82) is 0 Å². The normalized spacial score (nSPS) is 12.2. The van der Waals surface area contributed by atoms with Crippen molar-refractivity contribution in [1.82, 2.24) is 5.32 Å². The highest BCUT2D eigenvalue weighted by atomic mass is 35.5. The zero-order chi connectivity index (χ0) is 15.4. The lowest BCUT2D eigenvalue weighted by Crippen LogP contribution is -2.43.